The van der Waals surface area contributed by atoms with Crippen molar-refractivity contribution in [1.82, 2.24) is 15.1 Å². The Morgan fingerprint density at radius 2 is 1.79 bits per heavy atom. The third kappa shape index (κ3) is 6.04. The van der Waals surface area contributed by atoms with Crippen LogP contribution in [0.3, 0.4) is 0 Å². The molecule has 0 spiro atoms. The van der Waals surface area contributed by atoms with Gasteiger partial charge in [-0.05, 0) is 36.1 Å². The molecule has 1 unspecified atom stereocenters. The Morgan fingerprint density at radius 1 is 1.11 bits per heavy atom. The summed E-state index contributed by atoms with van der Waals surface area (Å²) in [6.45, 7) is 11.9. The van der Waals surface area contributed by atoms with E-state index in [1.54, 1.807) is 0 Å². The molecule has 3 rings (SSSR count). The normalized spacial score (nSPS) is 21.0. The molecule has 0 saturated carbocycles. The summed E-state index contributed by atoms with van der Waals surface area (Å²) >= 11 is 0. The van der Waals surface area contributed by atoms with Gasteiger partial charge in [0.05, 0.1) is 6.42 Å². The first-order valence-electron chi connectivity index (χ1n) is 10.4. The summed E-state index contributed by atoms with van der Waals surface area (Å²) in [5, 5.41) is 6.34. The predicted molar refractivity (Wildman–Crippen MR) is 112 cm³/mol. The van der Waals surface area contributed by atoms with Crippen LogP contribution in [-0.2, 0) is 16.0 Å². The van der Waals surface area contributed by atoms with Gasteiger partial charge in [-0.15, -0.1) is 0 Å². The number of nitrogens with zero attached hydrogens (tertiary/aromatic N) is 2. The Balaban J connectivity index is 1.45. The minimum absolute atomic E-state index is 0.0201. The number of amides is 2. The van der Waals surface area contributed by atoms with Crippen molar-refractivity contribution in [1.29, 1.82) is 0 Å². The van der Waals surface area contributed by atoms with E-state index in [9.17, 15) is 9.59 Å². The highest BCUT2D eigenvalue weighted by atomic mass is 16.2. The Hall–Kier alpha value is -1.92. The molecule has 2 fully saturated rings. The molecule has 28 heavy (non-hydrogen) atoms. The first kappa shape index (κ1) is 20.8. The van der Waals surface area contributed by atoms with Gasteiger partial charge in [0, 0.05) is 50.9 Å². The van der Waals surface area contributed by atoms with Gasteiger partial charge in [-0.2, -0.15) is 0 Å². The highest BCUT2D eigenvalue weighted by Crippen LogP contribution is 2.20. The number of rotatable bonds is 5. The molecule has 0 bridgehead atoms. The number of anilines is 1. The van der Waals surface area contributed by atoms with Crippen LogP contribution in [0, 0.1) is 5.41 Å². The summed E-state index contributed by atoms with van der Waals surface area (Å²) in [6, 6.07) is 8.27. The molecule has 2 saturated heterocycles. The van der Waals surface area contributed by atoms with E-state index in [1.807, 2.05) is 49.9 Å². The molecule has 1 aromatic carbocycles. The van der Waals surface area contributed by atoms with Gasteiger partial charge in [-0.3, -0.25) is 14.5 Å². The molecule has 6 nitrogen and oxygen atoms in total. The standard InChI is InChI=1S/C22H34N4O2/c1-22(2,3)15-20(27)24-18-6-4-17(5-7-18)14-21(28)26-12-10-25(11-13-26)19-8-9-23-16-19/h4-7,19,23H,8-16H2,1-3H3,(H,24,27). The molecule has 2 aliphatic heterocycles. The zero-order valence-corrected chi connectivity index (χ0v) is 17.5. The minimum atomic E-state index is -0.0330. The van der Waals surface area contributed by atoms with Gasteiger partial charge in [0.2, 0.25) is 11.8 Å². The first-order valence-corrected chi connectivity index (χ1v) is 10.4. The summed E-state index contributed by atoms with van der Waals surface area (Å²) in [7, 11) is 0. The lowest BCUT2D eigenvalue weighted by Gasteiger charge is -2.37. The zero-order chi connectivity index (χ0) is 20.1. The fourth-order valence-corrected chi connectivity index (χ4v) is 3.97. The Bertz CT molecular complexity index is 667. The predicted octanol–water partition coefficient (Wildman–Crippen LogP) is 2.11. The van der Waals surface area contributed by atoms with E-state index in [4.69, 9.17) is 0 Å². The molecule has 1 atom stereocenters. The molecule has 2 heterocycles. The minimum Gasteiger partial charge on any atom is -0.340 e. The van der Waals surface area contributed by atoms with E-state index in [0.29, 0.717) is 18.9 Å². The first-order chi connectivity index (χ1) is 13.3. The molecule has 154 valence electrons. The number of piperazine rings is 1. The molecule has 2 N–H and O–H groups in total. The van der Waals surface area contributed by atoms with Gasteiger partial charge < -0.3 is 15.5 Å². The van der Waals surface area contributed by atoms with Gasteiger partial charge in [0.25, 0.3) is 0 Å². The van der Waals surface area contributed by atoms with E-state index in [2.05, 4.69) is 15.5 Å². The maximum Gasteiger partial charge on any atom is 0.227 e. The molecule has 6 heteroatoms. The fourth-order valence-electron chi connectivity index (χ4n) is 3.97. The topological polar surface area (TPSA) is 64.7 Å². The van der Waals surface area contributed by atoms with E-state index < -0.39 is 0 Å². The second-order valence-corrected chi connectivity index (χ2v) is 9.22. The summed E-state index contributed by atoms with van der Waals surface area (Å²) < 4.78 is 0. The lowest BCUT2D eigenvalue weighted by molar-refractivity contribution is -0.132. The molecule has 1 aromatic rings. The second kappa shape index (κ2) is 9.05. The van der Waals surface area contributed by atoms with Crippen LogP contribution in [0.5, 0.6) is 0 Å². The van der Waals surface area contributed by atoms with Crippen LogP contribution in [0.1, 0.15) is 39.2 Å². The van der Waals surface area contributed by atoms with E-state index in [1.165, 1.54) is 6.42 Å². The molecule has 0 aliphatic carbocycles. The van der Waals surface area contributed by atoms with Crippen molar-refractivity contribution in [2.45, 2.75) is 46.1 Å². The van der Waals surface area contributed by atoms with Crippen molar-refractivity contribution >= 4 is 17.5 Å². The van der Waals surface area contributed by atoms with Crippen LogP contribution in [0.25, 0.3) is 0 Å². The van der Waals surface area contributed by atoms with Crippen LogP contribution in [0.4, 0.5) is 5.69 Å². The van der Waals surface area contributed by atoms with E-state index in [-0.39, 0.29) is 17.2 Å². The monoisotopic (exact) mass is 386 g/mol. The molecule has 2 aliphatic rings. The van der Waals surface area contributed by atoms with Crippen LogP contribution in [-0.4, -0.2) is 66.9 Å². The van der Waals surface area contributed by atoms with Crippen molar-refractivity contribution < 1.29 is 9.59 Å². The number of carbonyl (C=O) groups excluding carboxylic acids is 2. The number of hydrogen-bond donors (Lipinski definition) is 2. The number of benzene rings is 1. The molecular formula is C22H34N4O2. The van der Waals surface area contributed by atoms with E-state index >= 15 is 0 Å². The second-order valence-electron chi connectivity index (χ2n) is 9.22. The molecular weight excluding hydrogens is 352 g/mol. The van der Waals surface area contributed by atoms with Gasteiger partial charge in [-0.1, -0.05) is 32.9 Å². The summed E-state index contributed by atoms with van der Waals surface area (Å²) in [4.78, 5) is 29.2. The van der Waals surface area contributed by atoms with Crippen molar-refractivity contribution in [2.24, 2.45) is 5.41 Å². The van der Waals surface area contributed by atoms with E-state index in [0.717, 1.165) is 50.5 Å². The molecule has 0 radical (unpaired) electrons. The highest BCUT2D eigenvalue weighted by molar-refractivity contribution is 5.91. The van der Waals surface area contributed by atoms with Crippen molar-refractivity contribution in [3.05, 3.63) is 29.8 Å². The van der Waals surface area contributed by atoms with Gasteiger partial charge in [0.15, 0.2) is 0 Å². The summed E-state index contributed by atoms with van der Waals surface area (Å²) in [5.41, 5.74) is 1.74. The van der Waals surface area contributed by atoms with Gasteiger partial charge in [0.1, 0.15) is 0 Å². The highest BCUT2D eigenvalue weighted by Gasteiger charge is 2.27. The van der Waals surface area contributed by atoms with Gasteiger partial charge >= 0.3 is 0 Å². The average molecular weight is 387 g/mol. The summed E-state index contributed by atoms with van der Waals surface area (Å²) in [6.07, 6.45) is 2.12. The van der Waals surface area contributed by atoms with Crippen LogP contribution in [0.15, 0.2) is 24.3 Å². The largest absolute Gasteiger partial charge is 0.340 e. The number of carbonyl (C=O) groups is 2. The maximum absolute atomic E-state index is 12.6. The Kier molecular flexibility index (Phi) is 6.73. The number of nitrogens with one attached hydrogen (secondary N) is 2. The number of hydrogen-bond acceptors (Lipinski definition) is 4. The maximum atomic E-state index is 12.6. The fraction of sp³-hybridized carbons (Fsp3) is 0.636. The quantitative estimate of drug-likeness (QED) is 0.814. The van der Waals surface area contributed by atoms with Crippen LogP contribution < -0.4 is 10.6 Å². The van der Waals surface area contributed by atoms with Crippen molar-refractivity contribution in [3.8, 4) is 0 Å². The lowest BCUT2D eigenvalue weighted by atomic mass is 9.92. The van der Waals surface area contributed by atoms with Crippen molar-refractivity contribution in [2.75, 3.05) is 44.6 Å². The molecule has 0 aromatic heterocycles. The van der Waals surface area contributed by atoms with Crippen LogP contribution in [0.2, 0.25) is 0 Å². The SMILES string of the molecule is CC(C)(C)CC(=O)Nc1ccc(CC(=O)N2CCN(C3CCNC3)CC2)cc1. The summed E-state index contributed by atoms with van der Waals surface area (Å²) in [5.74, 6) is 0.209. The third-order valence-corrected chi connectivity index (χ3v) is 5.50. The third-order valence-electron chi connectivity index (χ3n) is 5.50. The molecule has 2 amide bonds. The Labute approximate surface area is 168 Å². The Morgan fingerprint density at radius 3 is 2.36 bits per heavy atom. The smallest absolute Gasteiger partial charge is 0.227 e. The van der Waals surface area contributed by atoms with Crippen LogP contribution >= 0.6 is 0 Å². The van der Waals surface area contributed by atoms with Crippen molar-refractivity contribution in [3.63, 3.8) is 0 Å². The van der Waals surface area contributed by atoms with Gasteiger partial charge in [-0.25, -0.2) is 0 Å². The average Bonchev–Trinajstić information content (AvgIpc) is 3.16. The lowest BCUT2D eigenvalue weighted by Crippen LogP contribution is -2.52. The zero-order valence-electron chi connectivity index (χ0n) is 17.5.